The molecule has 1 heterocycles. The third kappa shape index (κ3) is 4.46. The molecule has 1 fully saturated rings. The second-order valence-electron chi connectivity index (χ2n) is 6.06. The van der Waals surface area contributed by atoms with Crippen LogP contribution in [0.15, 0.2) is 30.3 Å². The molecule has 1 aromatic carbocycles. The number of rotatable bonds is 7. The Hall–Kier alpha value is -1.55. The Bertz CT molecular complexity index is 447. The van der Waals surface area contributed by atoms with E-state index in [-0.39, 0.29) is 6.42 Å². The summed E-state index contributed by atoms with van der Waals surface area (Å²) in [5.41, 5.74) is 1.21. The molecule has 0 saturated carbocycles. The van der Waals surface area contributed by atoms with Crippen LogP contribution in [0.25, 0.3) is 0 Å². The minimum Gasteiger partial charge on any atom is -0.481 e. The maximum Gasteiger partial charge on any atom is 0.303 e. The molecule has 0 aliphatic carbocycles. The van der Waals surface area contributed by atoms with Gasteiger partial charge in [-0.3, -0.25) is 9.69 Å². The number of nitrogens with zero attached hydrogens (tertiary/aromatic N) is 2. The molecular weight excluding hydrogens is 264 g/mol. The van der Waals surface area contributed by atoms with Gasteiger partial charge < -0.3 is 10.0 Å². The van der Waals surface area contributed by atoms with Crippen LogP contribution in [0.3, 0.4) is 0 Å². The van der Waals surface area contributed by atoms with E-state index in [2.05, 4.69) is 47.9 Å². The Balaban J connectivity index is 2.04. The quantitative estimate of drug-likeness (QED) is 0.838. The molecule has 0 amide bonds. The summed E-state index contributed by atoms with van der Waals surface area (Å²) < 4.78 is 0. The van der Waals surface area contributed by atoms with Crippen LogP contribution in [0.5, 0.6) is 0 Å². The average molecular weight is 290 g/mol. The first kappa shape index (κ1) is 15.8. The number of para-hydroxylation sites is 1. The molecule has 4 nitrogen and oxygen atoms in total. The first-order chi connectivity index (χ1) is 10.1. The Morgan fingerprint density at radius 1 is 1.38 bits per heavy atom. The summed E-state index contributed by atoms with van der Waals surface area (Å²) in [4.78, 5) is 15.6. The van der Waals surface area contributed by atoms with Crippen LogP contribution in [0.4, 0.5) is 5.69 Å². The molecule has 1 aliphatic rings. The van der Waals surface area contributed by atoms with E-state index >= 15 is 0 Å². The normalized spacial score (nSPS) is 19.1. The number of carboxylic acid groups (broad SMARTS) is 1. The van der Waals surface area contributed by atoms with Crippen LogP contribution in [-0.2, 0) is 4.79 Å². The zero-order valence-corrected chi connectivity index (χ0v) is 13.0. The maximum atomic E-state index is 10.8. The van der Waals surface area contributed by atoms with Crippen molar-refractivity contribution in [1.82, 2.24) is 4.90 Å². The Kier molecular flexibility index (Phi) is 5.62. The number of likely N-dealkylation sites (tertiary alicyclic amines) is 1. The summed E-state index contributed by atoms with van der Waals surface area (Å²) in [5, 5.41) is 8.85. The summed E-state index contributed by atoms with van der Waals surface area (Å²) in [7, 11) is 0. The number of anilines is 1. The van der Waals surface area contributed by atoms with E-state index in [0.717, 1.165) is 26.1 Å². The summed E-state index contributed by atoms with van der Waals surface area (Å²) in [6, 6.07) is 11.4. The van der Waals surface area contributed by atoms with Gasteiger partial charge in [0.15, 0.2) is 0 Å². The van der Waals surface area contributed by atoms with E-state index in [4.69, 9.17) is 5.11 Å². The highest BCUT2D eigenvalue weighted by molar-refractivity contribution is 5.66. The van der Waals surface area contributed by atoms with Gasteiger partial charge in [-0.05, 0) is 38.8 Å². The van der Waals surface area contributed by atoms with Gasteiger partial charge in [-0.2, -0.15) is 0 Å². The molecule has 1 aliphatic heterocycles. The first-order valence-electron chi connectivity index (χ1n) is 7.85. The summed E-state index contributed by atoms with van der Waals surface area (Å²) in [6.45, 7) is 7.48. The third-order valence-corrected chi connectivity index (χ3v) is 4.24. The van der Waals surface area contributed by atoms with Gasteiger partial charge in [0.05, 0.1) is 0 Å². The minimum absolute atomic E-state index is 0.240. The number of hydrogen-bond donors (Lipinski definition) is 1. The van der Waals surface area contributed by atoms with Crippen LogP contribution in [0, 0.1) is 0 Å². The molecular formula is C17H26N2O2. The predicted octanol–water partition coefficient (Wildman–Crippen LogP) is 2.84. The van der Waals surface area contributed by atoms with Crippen molar-refractivity contribution in [3.05, 3.63) is 30.3 Å². The molecule has 2 rings (SSSR count). The number of hydrogen-bond acceptors (Lipinski definition) is 3. The molecule has 1 unspecified atom stereocenters. The number of carbonyl (C=O) groups is 1. The van der Waals surface area contributed by atoms with Crippen LogP contribution < -0.4 is 4.90 Å². The zero-order chi connectivity index (χ0) is 15.2. The van der Waals surface area contributed by atoms with Gasteiger partial charge in [0.25, 0.3) is 0 Å². The molecule has 21 heavy (non-hydrogen) atoms. The van der Waals surface area contributed by atoms with Crippen molar-refractivity contribution in [3.8, 4) is 0 Å². The van der Waals surface area contributed by atoms with Gasteiger partial charge in [0.1, 0.15) is 0 Å². The van der Waals surface area contributed by atoms with Crippen molar-refractivity contribution in [1.29, 1.82) is 0 Å². The van der Waals surface area contributed by atoms with Crippen molar-refractivity contribution in [2.45, 2.75) is 45.2 Å². The molecule has 0 aromatic heterocycles. The Labute approximate surface area is 127 Å². The van der Waals surface area contributed by atoms with Crippen LogP contribution in [0.1, 0.15) is 33.1 Å². The molecule has 4 heteroatoms. The lowest BCUT2D eigenvalue weighted by Crippen LogP contribution is -2.39. The van der Waals surface area contributed by atoms with Gasteiger partial charge in [-0.25, -0.2) is 0 Å². The molecule has 0 spiro atoms. The van der Waals surface area contributed by atoms with Crippen molar-refractivity contribution in [2.75, 3.05) is 24.5 Å². The summed E-state index contributed by atoms with van der Waals surface area (Å²) in [6.07, 6.45) is 2.09. The predicted molar refractivity (Wildman–Crippen MR) is 85.8 cm³/mol. The SMILES string of the molecule is CC(C)N1CCC(N(CCCC(=O)O)c2ccccc2)C1. The number of benzene rings is 1. The molecule has 116 valence electrons. The Morgan fingerprint density at radius 3 is 2.67 bits per heavy atom. The Morgan fingerprint density at radius 2 is 2.10 bits per heavy atom. The summed E-state index contributed by atoms with van der Waals surface area (Å²) >= 11 is 0. The van der Waals surface area contributed by atoms with E-state index in [1.165, 1.54) is 5.69 Å². The lowest BCUT2D eigenvalue weighted by molar-refractivity contribution is -0.137. The van der Waals surface area contributed by atoms with E-state index in [1.54, 1.807) is 0 Å². The smallest absolute Gasteiger partial charge is 0.303 e. The minimum atomic E-state index is -0.710. The van der Waals surface area contributed by atoms with E-state index in [9.17, 15) is 4.79 Å². The number of carboxylic acids is 1. The molecule has 0 radical (unpaired) electrons. The molecule has 1 N–H and O–H groups in total. The molecule has 1 atom stereocenters. The second-order valence-corrected chi connectivity index (χ2v) is 6.06. The van der Waals surface area contributed by atoms with Crippen molar-refractivity contribution in [3.63, 3.8) is 0 Å². The van der Waals surface area contributed by atoms with Gasteiger partial charge in [0.2, 0.25) is 0 Å². The van der Waals surface area contributed by atoms with E-state index in [1.807, 2.05) is 6.07 Å². The fourth-order valence-electron chi connectivity index (χ4n) is 3.03. The highest BCUT2D eigenvalue weighted by Gasteiger charge is 2.28. The first-order valence-corrected chi connectivity index (χ1v) is 7.85. The van der Waals surface area contributed by atoms with Crippen molar-refractivity contribution >= 4 is 11.7 Å². The van der Waals surface area contributed by atoms with Crippen LogP contribution in [0.2, 0.25) is 0 Å². The van der Waals surface area contributed by atoms with Gasteiger partial charge >= 0.3 is 5.97 Å². The third-order valence-electron chi connectivity index (χ3n) is 4.24. The fraction of sp³-hybridized carbons (Fsp3) is 0.588. The lowest BCUT2D eigenvalue weighted by Gasteiger charge is -2.32. The lowest BCUT2D eigenvalue weighted by atomic mass is 10.1. The standard InChI is InChI=1S/C17H26N2O2/c1-14(2)18-12-10-16(13-18)19(11-6-9-17(20)21)15-7-4-3-5-8-15/h3-5,7-8,14,16H,6,9-13H2,1-2H3,(H,20,21). The highest BCUT2D eigenvalue weighted by atomic mass is 16.4. The summed E-state index contributed by atoms with van der Waals surface area (Å²) in [5.74, 6) is -0.710. The monoisotopic (exact) mass is 290 g/mol. The maximum absolute atomic E-state index is 10.8. The zero-order valence-electron chi connectivity index (χ0n) is 13.0. The fourth-order valence-corrected chi connectivity index (χ4v) is 3.03. The van der Waals surface area contributed by atoms with Crippen LogP contribution in [-0.4, -0.2) is 47.7 Å². The van der Waals surface area contributed by atoms with E-state index in [0.29, 0.717) is 18.5 Å². The van der Waals surface area contributed by atoms with Gasteiger partial charge in [0, 0.05) is 43.8 Å². The largest absolute Gasteiger partial charge is 0.481 e. The number of aliphatic carboxylic acids is 1. The van der Waals surface area contributed by atoms with Gasteiger partial charge in [-0.1, -0.05) is 18.2 Å². The molecule has 1 aromatic rings. The average Bonchev–Trinajstić information content (AvgIpc) is 2.94. The second kappa shape index (κ2) is 7.46. The van der Waals surface area contributed by atoms with Crippen molar-refractivity contribution in [2.24, 2.45) is 0 Å². The molecule has 0 bridgehead atoms. The van der Waals surface area contributed by atoms with Gasteiger partial charge in [-0.15, -0.1) is 0 Å². The van der Waals surface area contributed by atoms with Crippen molar-refractivity contribution < 1.29 is 9.90 Å². The van der Waals surface area contributed by atoms with E-state index < -0.39 is 5.97 Å². The molecule has 1 saturated heterocycles. The highest BCUT2D eigenvalue weighted by Crippen LogP contribution is 2.24. The van der Waals surface area contributed by atoms with Crippen LogP contribution >= 0.6 is 0 Å². The topological polar surface area (TPSA) is 43.8 Å².